The molecule has 0 amide bonds. The van der Waals surface area contributed by atoms with E-state index in [4.69, 9.17) is 4.43 Å². The molecule has 0 rings (SSSR count). The molecular formula is C6H12OSi. The van der Waals surface area contributed by atoms with Crippen LogP contribution in [0.15, 0.2) is 11.8 Å². The second-order valence-electron chi connectivity index (χ2n) is 1.36. The molecule has 1 nitrogen and oxygen atoms in total. The van der Waals surface area contributed by atoms with Crippen molar-refractivity contribution in [1.29, 1.82) is 0 Å². The lowest BCUT2D eigenvalue weighted by molar-refractivity contribution is 0.366. The van der Waals surface area contributed by atoms with Crippen LogP contribution in [0, 0.1) is 0 Å². The molecule has 0 aliphatic rings. The summed E-state index contributed by atoms with van der Waals surface area (Å²) in [6.07, 6.45) is 3.23. The summed E-state index contributed by atoms with van der Waals surface area (Å²) in [4.78, 5) is 0. The van der Waals surface area contributed by atoms with Crippen LogP contribution in [0.25, 0.3) is 0 Å². The van der Waals surface area contributed by atoms with Gasteiger partial charge in [-0.3, -0.25) is 0 Å². The van der Waals surface area contributed by atoms with Gasteiger partial charge in [0.15, 0.2) is 0 Å². The van der Waals surface area contributed by atoms with Crippen molar-refractivity contribution in [3.8, 4) is 0 Å². The molecule has 8 heavy (non-hydrogen) atoms. The Balaban J connectivity index is 2.80. The summed E-state index contributed by atoms with van der Waals surface area (Å²) in [5.41, 5.74) is 2.07. The van der Waals surface area contributed by atoms with Gasteiger partial charge in [0.05, 0.1) is 0 Å². The predicted molar refractivity (Wildman–Crippen MR) is 36.8 cm³/mol. The smallest absolute Gasteiger partial charge is 0.260 e. The van der Waals surface area contributed by atoms with Crippen molar-refractivity contribution in [3.63, 3.8) is 0 Å². The maximum atomic E-state index is 5.08. The number of hydrogen-bond donors (Lipinski definition) is 0. The highest BCUT2D eigenvalue weighted by atomic mass is 28.2. The Morgan fingerprint density at radius 3 is 2.75 bits per heavy atom. The van der Waals surface area contributed by atoms with Crippen LogP contribution in [0.5, 0.6) is 0 Å². The Morgan fingerprint density at radius 1 is 1.50 bits per heavy atom. The van der Waals surface area contributed by atoms with Crippen molar-refractivity contribution in [2.75, 3.05) is 6.61 Å². The SMILES string of the molecule is CC/C=C/[Si]OCC. The van der Waals surface area contributed by atoms with E-state index in [9.17, 15) is 0 Å². The monoisotopic (exact) mass is 128 g/mol. The molecule has 0 fully saturated rings. The van der Waals surface area contributed by atoms with E-state index < -0.39 is 0 Å². The lowest BCUT2D eigenvalue weighted by Gasteiger charge is -1.88. The van der Waals surface area contributed by atoms with Crippen LogP contribution in [-0.4, -0.2) is 16.4 Å². The van der Waals surface area contributed by atoms with E-state index in [1.165, 1.54) is 0 Å². The molecule has 0 bridgehead atoms. The van der Waals surface area contributed by atoms with Crippen molar-refractivity contribution < 1.29 is 4.43 Å². The Hall–Kier alpha value is -0.0831. The van der Waals surface area contributed by atoms with Crippen LogP contribution in [0.4, 0.5) is 0 Å². The lowest BCUT2D eigenvalue weighted by atomic mass is 10.5. The molecule has 0 heterocycles. The van der Waals surface area contributed by atoms with E-state index in [2.05, 4.69) is 18.7 Å². The van der Waals surface area contributed by atoms with Gasteiger partial charge in [0.2, 0.25) is 0 Å². The number of allylic oxidation sites excluding steroid dienone is 1. The van der Waals surface area contributed by atoms with E-state index >= 15 is 0 Å². The lowest BCUT2D eigenvalue weighted by Crippen LogP contribution is -1.92. The molecule has 2 radical (unpaired) electrons. The summed E-state index contributed by atoms with van der Waals surface area (Å²) in [7, 11) is 0.559. The molecule has 0 aromatic heterocycles. The molecule has 0 N–H and O–H groups in total. The molecule has 0 aliphatic heterocycles. The van der Waals surface area contributed by atoms with Gasteiger partial charge in [0.1, 0.15) is 0 Å². The summed E-state index contributed by atoms with van der Waals surface area (Å²) < 4.78 is 5.08. The van der Waals surface area contributed by atoms with E-state index in [1.807, 2.05) is 6.92 Å². The maximum Gasteiger partial charge on any atom is 0.260 e. The molecule has 0 aromatic rings. The Kier molecular flexibility index (Phi) is 6.85. The van der Waals surface area contributed by atoms with E-state index in [-0.39, 0.29) is 0 Å². The third-order valence-corrected chi connectivity index (χ3v) is 1.48. The normalized spacial score (nSPS) is 10.8. The summed E-state index contributed by atoms with van der Waals surface area (Å²) in [6.45, 7) is 4.95. The van der Waals surface area contributed by atoms with E-state index in [1.54, 1.807) is 0 Å². The zero-order valence-corrected chi connectivity index (χ0v) is 6.48. The summed E-state index contributed by atoms with van der Waals surface area (Å²) in [6, 6.07) is 0. The van der Waals surface area contributed by atoms with E-state index in [0.717, 1.165) is 13.0 Å². The number of hydrogen-bond acceptors (Lipinski definition) is 1. The van der Waals surface area contributed by atoms with E-state index in [0.29, 0.717) is 9.76 Å². The molecule has 2 heteroatoms. The standard InChI is InChI=1S/C6H12OSi/c1-3-5-6-8-7-4-2/h5-6H,3-4H2,1-2H3/b6-5+. The third-order valence-electron chi connectivity index (χ3n) is 0.649. The first kappa shape index (κ1) is 7.92. The molecule has 0 atom stereocenters. The molecule has 0 aliphatic carbocycles. The largest absolute Gasteiger partial charge is 0.412 e. The minimum Gasteiger partial charge on any atom is -0.412 e. The average Bonchev–Trinajstić information content (AvgIpc) is 1.81. The quantitative estimate of drug-likeness (QED) is 0.412. The van der Waals surface area contributed by atoms with Gasteiger partial charge in [-0.15, -0.1) is 0 Å². The molecule has 0 unspecified atom stereocenters. The highest BCUT2D eigenvalue weighted by Crippen LogP contribution is 1.77. The molecular weight excluding hydrogens is 116 g/mol. The second-order valence-corrected chi connectivity index (χ2v) is 2.22. The first-order valence-electron chi connectivity index (χ1n) is 2.94. The van der Waals surface area contributed by atoms with Gasteiger partial charge in [-0.05, 0) is 13.3 Å². The van der Waals surface area contributed by atoms with Gasteiger partial charge in [0.25, 0.3) is 9.76 Å². The van der Waals surface area contributed by atoms with Gasteiger partial charge in [-0.25, -0.2) is 0 Å². The highest BCUT2D eigenvalue weighted by Gasteiger charge is 1.76. The molecule has 0 saturated heterocycles. The molecule has 0 aromatic carbocycles. The number of rotatable bonds is 4. The first-order chi connectivity index (χ1) is 3.91. The summed E-state index contributed by atoms with van der Waals surface area (Å²) >= 11 is 0. The average molecular weight is 128 g/mol. The summed E-state index contributed by atoms with van der Waals surface area (Å²) in [5, 5.41) is 0. The first-order valence-corrected chi connectivity index (χ1v) is 3.92. The van der Waals surface area contributed by atoms with Crippen LogP contribution < -0.4 is 0 Å². The van der Waals surface area contributed by atoms with Crippen LogP contribution in [0.1, 0.15) is 20.3 Å². The fourth-order valence-electron chi connectivity index (χ4n) is 0.297. The van der Waals surface area contributed by atoms with Crippen molar-refractivity contribution >= 4 is 9.76 Å². The fourth-order valence-corrected chi connectivity index (χ4v) is 0.892. The zero-order valence-electron chi connectivity index (χ0n) is 5.48. The van der Waals surface area contributed by atoms with Crippen LogP contribution in [0.2, 0.25) is 0 Å². The Bertz CT molecular complexity index is 61.5. The third kappa shape index (κ3) is 5.92. The second kappa shape index (κ2) is 6.92. The summed E-state index contributed by atoms with van der Waals surface area (Å²) in [5.74, 6) is 0. The van der Waals surface area contributed by atoms with Gasteiger partial charge >= 0.3 is 0 Å². The van der Waals surface area contributed by atoms with Crippen LogP contribution >= 0.6 is 0 Å². The van der Waals surface area contributed by atoms with Crippen LogP contribution in [0.3, 0.4) is 0 Å². The Morgan fingerprint density at radius 2 is 2.25 bits per heavy atom. The van der Waals surface area contributed by atoms with Gasteiger partial charge in [0, 0.05) is 6.61 Å². The van der Waals surface area contributed by atoms with Crippen molar-refractivity contribution in [1.82, 2.24) is 0 Å². The topological polar surface area (TPSA) is 9.23 Å². The minimum atomic E-state index is 0.559. The molecule has 46 valence electrons. The van der Waals surface area contributed by atoms with Crippen LogP contribution in [-0.2, 0) is 4.43 Å². The maximum absolute atomic E-state index is 5.08. The fraction of sp³-hybridized carbons (Fsp3) is 0.667. The minimum absolute atomic E-state index is 0.559. The predicted octanol–water partition coefficient (Wildman–Crippen LogP) is 1.57. The van der Waals surface area contributed by atoms with Crippen molar-refractivity contribution in [2.45, 2.75) is 20.3 Å². The van der Waals surface area contributed by atoms with Crippen molar-refractivity contribution in [3.05, 3.63) is 11.8 Å². The van der Waals surface area contributed by atoms with Gasteiger partial charge in [-0.2, -0.15) is 0 Å². The van der Waals surface area contributed by atoms with Gasteiger partial charge < -0.3 is 4.43 Å². The molecule has 0 spiro atoms. The Labute approximate surface area is 53.7 Å². The molecule has 0 saturated carbocycles. The highest BCUT2D eigenvalue weighted by molar-refractivity contribution is 6.34. The van der Waals surface area contributed by atoms with Crippen molar-refractivity contribution in [2.24, 2.45) is 0 Å². The zero-order chi connectivity index (χ0) is 6.24. The van der Waals surface area contributed by atoms with Gasteiger partial charge in [-0.1, -0.05) is 18.7 Å².